The van der Waals surface area contributed by atoms with Crippen LogP contribution < -0.4 is 5.32 Å². The van der Waals surface area contributed by atoms with E-state index in [4.69, 9.17) is 0 Å². The highest BCUT2D eigenvalue weighted by atomic mass is 16.2. The summed E-state index contributed by atoms with van der Waals surface area (Å²) in [4.78, 5) is 38.1. The van der Waals surface area contributed by atoms with Crippen molar-refractivity contribution in [2.75, 3.05) is 12.4 Å². The minimum Gasteiger partial charge on any atom is -0.357 e. The Balaban J connectivity index is 1.34. The van der Waals surface area contributed by atoms with Crippen molar-refractivity contribution in [1.29, 1.82) is 0 Å². The van der Waals surface area contributed by atoms with Crippen molar-refractivity contribution in [3.8, 4) is 0 Å². The van der Waals surface area contributed by atoms with Crippen LogP contribution in [0.4, 0.5) is 5.82 Å². The molecular weight excluding hydrogens is 414 g/mol. The summed E-state index contributed by atoms with van der Waals surface area (Å²) in [7, 11) is 1.78. The number of benzene rings is 1. The molecule has 4 aromatic rings. The maximum Gasteiger partial charge on any atom is 0.246 e. The molecule has 2 amide bonds. The second-order valence-electron chi connectivity index (χ2n) is 7.83. The number of fused-ring (bicyclic) bond motifs is 1. The number of nitrogens with zero attached hydrogens (tertiary/aromatic N) is 3. The Morgan fingerprint density at radius 1 is 1.12 bits per heavy atom. The van der Waals surface area contributed by atoms with Gasteiger partial charge >= 0.3 is 0 Å². The van der Waals surface area contributed by atoms with Crippen LogP contribution in [0.15, 0.2) is 79.3 Å². The fraction of sp³-hybridized carbons (Fsp3) is 0.154. The van der Waals surface area contributed by atoms with Gasteiger partial charge in [-0.15, -0.1) is 0 Å². The molecule has 0 saturated carbocycles. The molecule has 166 valence electrons. The molecule has 7 nitrogen and oxygen atoms in total. The van der Waals surface area contributed by atoms with Gasteiger partial charge in [0.25, 0.3) is 0 Å². The topological polar surface area (TPSA) is 91.0 Å². The largest absolute Gasteiger partial charge is 0.357 e. The van der Waals surface area contributed by atoms with Crippen LogP contribution in [-0.4, -0.2) is 38.7 Å². The molecule has 3 heterocycles. The van der Waals surface area contributed by atoms with E-state index in [9.17, 15) is 9.59 Å². The van der Waals surface area contributed by atoms with Crippen LogP contribution >= 0.6 is 0 Å². The number of aromatic amines is 1. The first kappa shape index (κ1) is 22.0. The van der Waals surface area contributed by atoms with E-state index in [0.717, 1.165) is 27.7 Å². The summed E-state index contributed by atoms with van der Waals surface area (Å²) in [5.41, 5.74) is 3.68. The Morgan fingerprint density at radius 3 is 2.64 bits per heavy atom. The number of H-pyrrole nitrogens is 1. The molecule has 1 aromatic carbocycles. The minimum atomic E-state index is -0.153. The van der Waals surface area contributed by atoms with Gasteiger partial charge in [-0.25, -0.2) is 4.98 Å². The predicted octanol–water partition coefficient (Wildman–Crippen LogP) is 4.37. The van der Waals surface area contributed by atoms with Gasteiger partial charge in [0.1, 0.15) is 5.82 Å². The van der Waals surface area contributed by atoms with Crippen molar-refractivity contribution in [3.63, 3.8) is 0 Å². The lowest BCUT2D eigenvalue weighted by atomic mass is 10.2. The van der Waals surface area contributed by atoms with Gasteiger partial charge in [-0.05, 0) is 65.9 Å². The van der Waals surface area contributed by atoms with Gasteiger partial charge in [-0.2, -0.15) is 0 Å². The SMILES string of the molecule is CC(c1cc2ccccc2[nH]1)N(C)C(=O)C=Cc1ccc(NC(=O)Cc2ccncc2)nc1. The molecule has 0 bridgehead atoms. The number of anilines is 1. The number of para-hydroxylation sites is 1. The monoisotopic (exact) mass is 439 g/mol. The molecular formula is C26H25N5O2. The molecule has 1 unspecified atom stereocenters. The average Bonchev–Trinajstić information content (AvgIpc) is 3.27. The van der Waals surface area contributed by atoms with Gasteiger partial charge in [0, 0.05) is 42.9 Å². The molecule has 0 aliphatic rings. The quantitative estimate of drug-likeness (QED) is 0.418. The molecule has 0 radical (unpaired) electrons. The number of pyridine rings is 2. The normalized spacial score (nSPS) is 12.1. The Labute approximate surface area is 192 Å². The minimum absolute atomic E-state index is 0.106. The van der Waals surface area contributed by atoms with E-state index in [0.29, 0.717) is 5.82 Å². The number of hydrogen-bond donors (Lipinski definition) is 2. The summed E-state index contributed by atoms with van der Waals surface area (Å²) >= 11 is 0. The zero-order valence-electron chi connectivity index (χ0n) is 18.5. The molecule has 7 heteroatoms. The second kappa shape index (κ2) is 9.91. The van der Waals surface area contributed by atoms with Crippen LogP contribution in [0.1, 0.15) is 29.8 Å². The summed E-state index contributed by atoms with van der Waals surface area (Å²) in [5, 5.41) is 3.89. The lowest BCUT2D eigenvalue weighted by molar-refractivity contribution is -0.126. The summed E-state index contributed by atoms with van der Waals surface area (Å²) in [5.74, 6) is 0.192. The lowest BCUT2D eigenvalue weighted by Gasteiger charge is -2.22. The van der Waals surface area contributed by atoms with E-state index >= 15 is 0 Å². The van der Waals surface area contributed by atoms with E-state index in [1.165, 1.54) is 6.08 Å². The molecule has 0 aliphatic carbocycles. The highest BCUT2D eigenvalue weighted by Crippen LogP contribution is 2.23. The number of amides is 2. The smallest absolute Gasteiger partial charge is 0.246 e. The first-order valence-electron chi connectivity index (χ1n) is 10.7. The highest BCUT2D eigenvalue weighted by molar-refractivity contribution is 5.93. The van der Waals surface area contributed by atoms with Crippen LogP contribution in [-0.2, 0) is 16.0 Å². The van der Waals surface area contributed by atoms with Gasteiger partial charge in [0.2, 0.25) is 11.8 Å². The molecule has 0 saturated heterocycles. The van der Waals surface area contributed by atoms with E-state index in [1.807, 2.05) is 31.2 Å². The van der Waals surface area contributed by atoms with Crippen LogP contribution in [0.25, 0.3) is 17.0 Å². The summed E-state index contributed by atoms with van der Waals surface area (Å²) in [6.07, 6.45) is 8.42. The maximum atomic E-state index is 12.7. The van der Waals surface area contributed by atoms with Crippen molar-refractivity contribution in [2.24, 2.45) is 0 Å². The molecule has 4 rings (SSSR count). The van der Waals surface area contributed by atoms with Gasteiger partial charge in [0.15, 0.2) is 0 Å². The summed E-state index contributed by atoms with van der Waals surface area (Å²) in [6.45, 7) is 1.99. The molecule has 2 N–H and O–H groups in total. The Bertz CT molecular complexity index is 1250. The van der Waals surface area contributed by atoms with E-state index < -0.39 is 0 Å². The van der Waals surface area contributed by atoms with Crippen molar-refractivity contribution in [3.05, 3.63) is 96.1 Å². The first-order chi connectivity index (χ1) is 16.0. The number of carbonyl (C=O) groups excluding carboxylic acids is 2. The molecule has 0 aliphatic heterocycles. The average molecular weight is 440 g/mol. The standard InChI is InChI=1S/C26H25N5O2/c1-18(23-16-21-5-3-4-6-22(21)29-23)31(2)26(33)10-8-20-7-9-24(28-17-20)30-25(32)15-19-11-13-27-14-12-19/h3-14,16-18,29H,15H2,1-2H3,(H,28,30,32). The third-order valence-corrected chi connectivity index (χ3v) is 5.52. The van der Waals surface area contributed by atoms with E-state index in [2.05, 4.69) is 26.3 Å². The van der Waals surface area contributed by atoms with Crippen LogP contribution in [0.3, 0.4) is 0 Å². The lowest BCUT2D eigenvalue weighted by Crippen LogP contribution is -2.28. The van der Waals surface area contributed by atoms with Crippen LogP contribution in [0.5, 0.6) is 0 Å². The van der Waals surface area contributed by atoms with Crippen molar-refractivity contribution in [2.45, 2.75) is 19.4 Å². The number of rotatable bonds is 7. The molecule has 33 heavy (non-hydrogen) atoms. The van der Waals surface area contributed by atoms with Gasteiger partial charge in [-0.1, -0.05) is 18.2 Å². The van der Waals surface area contributed by atoms with E-state index in [1.54, 1.807) is 60.9 Å². The maximum absolute atomic E-state index is 12.7. The van der Waals surface area contributed by atoms with Crippen LogP contribution in [0.2, 0.25) is 0 Å². The fourth-order valence-electron chi connectivity index (χ4n) is 3.46. The Kier molecular flexibility index (Phi) is 6.59. The molecule has 0 spiro atoms. The third kappa shape index (κ3) is 5.51. The second-order valence-corrected chi connectivity index (χ2v) is 7.83. The number of carbonyl (C=O) groups is 2. The van der Waals surface area contributed by atoms with Gasteiger partial charge < -0.3 is 15.2 Å². The summed E-state index contributed by atoms with van der Waals surface area (Å²) < 4.78 is 0. The van der Waals surface area contributed by atoms with Gasteiger partial charge in [-0.3, -0.25) is 14.6 Å². The van der Waals surface area contributed by atoms with Crippen LogP contribution in [0, 0.1) is 0 Å². The van der Waals surface area contributed by atoms with E-state index in [-0.39, 0.29) is 24.3 Å². The first-order valence-corrected chi connectivity index (χ1v) is 10.7. The Morgan fingerprint density at radius 2 is 1.91 bits per heavy atom. The number of aromatic nitrogens is 3. The number of hydrogen-bond acceptors (Lipinski definition) is 4. The zero-order valence-corrected chi connectivity index (χ0v) is 18.5. The fourth-order valence-corrected chi connectivity index (χ4v) is 3.46. The summed E-state index contributed by atoms with van der Waals surface area (Å²) in [6, 6.07) is 17.1. The Hall–Kier alpha value is -4.26. The zero-order chi connectivity index (χ0) is 23.2. The number of likely N-dealkylation sites (N-methyl/N-ethyl adjacent to an activating group) is 1. The van der Waals surface area contributed by atoms with Crippen molar-refractivity contribution in [1.82, 2.24) is 19.9 Å². The van der Waals surface area contributed by atoms with Crippen molar-refractivity contribution >= 4 is 34.6 Å². The highest BCUT2D eigenvalue weighted by Gasteiger charge is 2.17. The van der Waals surface area contributed by atoms with Crippen molar-refractivity contribution < 1.29 is 9.59 Å². The molecule has 3 aromatic heterocycles. The molecule has 0 fully saturated rings. The predicted molar refractivity (Wildman–Crippen MR) is 129 cm³/mol. The third-order valence-electron chi connectivity index (χ3n) is 5.52. The number of nitrogens with one attached hydrogen (secondary N) is 2. The molecule has 1 atom stereocenters. The van der Waals surface area contributed by atoms with Gasteiger partial charge in [0.05, 0.1) is 12.5 Å².